The number of para-hydroxylation sites is 1. The number of nitrogens with zero attached hydrogens (tertiary/aromatic N) is 2. The summed E-state index contributed by atoms with van der Waals surface area (Å²) in [5.74, 6) is 0.678. The average molecular weight is 288 g/mol. The van der Waals surface area contributed by atoms with Crippen molar-refractivity contribution >= 4 is 11.6 Å². The number of amides is 1. The van der Waals surface area contributed by atoms with E-state index in [4.69, 9.17) is 10.5 Å². The van der Waals surface area contributed by atoms with E-state index in [-0.39, 0.29) is 5.91 Å². The molecule has 0 atom stereocenters. The maximum atomic E-state index is 11.9. The molecule has 0 aliphatic carbocycles. The van der Waals surface area contributed by atoms with Crippen LogP contribution in [-0.4, -0.2) is 22.3 Å². The zero-order valence-electron chi connectivity index (χ0n) is 12.1. The number of hydrogen-bond donors (Lipinski definition) is 2. The molecule has 1 amide bonds. The van der Waals surface area contributed by atoms with Crippen molar-refractivity contribution in [1.82, 2.24) is 9.78 Å². The average Bonchev–Trinajstić information content (AvgIpc) is 2.90. The van der Waals surface area contributed by atoms with Crippen LogP contribution >= 0.6 is 0 Å². The van der Waals surface area contributed by atoms with Gasteiger partial charge in [-0.15, -0.1) is 0 Å². The van der Waals surface area contributed by atoms with Gasteiger partial charge in [-0.2, -0.15) is 5.10 Å². The van der Waals surface area contributed by atoms with Gasteiger partial charge in [0.25, 0.3) is 0 Å². The van der Waals surface area contributed by atoms with Crippen LogP contribution in [0.15, 0.2) is 36.7 Å². The highest BCUT2D eigenvalue weighted by molar-refractivity contribution is 5.91. The molecule has 1 aromatic heterocycles. The summed E-state index contributed by atoms with van der Waals surface area (Å²) in [5.41, 5.74) is 7.34. The van der Waals surface area contributed by atoms with Gasteiger partial charge in [0.1, 0.15) is 0 Å². The Bertz CT molecular complexity index is 595. The van der Waals surface area contributed by atoms with Crippen LogP contribution in [0, 0.1) is 0 Å². The van der Waals surface area contributed by atoms with Gasteiger partial charge in [0.15, 0.2) is 5.75 Å². The molecule has 1 aromatic carbocycles. The summed E-state index contributed by atoms with van der Waals surface area (Å²) in [4.78, 5) is 11.9. The maximum absolute atomic E-state index is 11.9. The van der Waals surface area contributed by atoms with E-state index in [1.165, 1.54) is 0 Å². The molecule has 6 heteroatoms. The number of aromatic nitrogens is 2. The Morgan fingerprint density at radius 3 is 2.95 bits per heavy atom. The van der Waals surface area contributed by atoms with Crippen molar-refractivity contribution in [3.63, 3.8) is 0 Å². The Morgan fingerprint density at radius 2 is 2.24 bits per heavy atom. The van der Waals surface area contributed by atoms with Crippen molar-refractivity contribution in [3.8, 4) is 5.75 Å². The highest BCUT2D eigenvalue weighted by atomic mass is 16.5. The molecule has 21 heavy (non-hydrogen) atoms. The van der Waals surface area contributed by atoms with Crippen LogP contribution in [0.2, 0.25) is 0 Å². The molecule has 2 aromatic rings. The second-order valence-electron chi connectivity index (χ2n) is 4.71. The molecule has 6 nitrogen and oxygen atoms in total. The number of anilines is 1. The van der Waals surface area contributed by atoms with E-state index in [1.807, 2.05) is 31.3 Å². The topological polar surface area (TPSA) is 82.2 Å². The lowest BCUT2D eigenvalue weighted by atomic mass is 10.1. The Morgan fingerprint density at radius 1 is 1.43 bits per heavy atom. The van der Waals surface area contributed by atoms with Crippen LogP contribution in [0.3, 0.4) is 0 Å². The maximum Gasteiger partial charge on any atom is 0.224 e. The van der Waals surface area contributed by atoms with Gasteiger partial charge in [-0.25, -0.2) is 0 Å². The number of ether oxygens (including phenoxy) is 1. The van der Waals surface area contributed by atoms with Crippen LogP contribution in [0.5, 0.6) is 5.75 Å². The zero-order chi connectivity index (χ0) is 15.1. The zero-order valence-corrected chi connectivity index (χ0v) is 12.1. The fraction of sp³-hybridized carbons (Fsp3) is 0.333. The minimum atomic E-state index is -0.0364. The van der Waals surface area contributed by atoms with Gasteiger partial charge >= 0.3 is 0 Å². The third-order valence-corrected chi connectivity index (χ3v) is 3.01. The number of benzene rings is 1. The van der Waals surface area contributed by atoms with Crippen molar-refractivity contribution in [2.45, 2.75) is 19.4 Å². The van der Waals surface area contributed by atoms with Crippen molar-refractivity contribution < 1.29 is 9.53 Å². The second kappa shape index (κ2) is 7.44. The summed E-state index contributed by atoms with van der Waals surface area (Å²) in [7, 11) is 1.83. The summed E-state index contributed by atoms with van der Waals surface area (Å²) in [6, 6.07) is 7.53. The molecule has 0 spiro atoms. The highest BCUT2D eigenvalue weighted by Gasteiger charge is 2.06. The molecule has 3 N–H and O–H groups in total. The SMILES string of the molecule is Cn1cc(OCCCC(=O)Nc2ccccc2CN)cn1. The predicted octanol–water partition coefficient (Wildman–Crippen LogP) is 1.68. The van der Waals surface area contributed by atoms with Gasteiger partial charge in [0.2, 0.25) is 5.91 Å². The van der Waals surface area contributed by atoms with E-state index in [1.54, 1.807) is 17.1 Å². The fourth-order valence-electron chi connectivity index (χ4n) is 1.93. The molecule has 0 bridgehead atoms. The van der Waals surface area contributed by atoms with Gasteiger partial charge in [0, 0.05) is 25.7 Å². The quantitative estimate of drug-likeness (QED) is 0.759. The Kier molecular flexibility index (Phi) is 5.34. The first-order chi connectivity index (χ1) is 10.2. The normalized spacial score (nSPS) is 10.4. The number of hydrogen-bond acceptors (Lipinski definition) is 4. The number of carbonyl (C=O) groups excluding carboxylic acids is 1. The van der Waals surface area contributed by atoms with Crippen molar-refractivity contribution in [1.29, 1.82) is 0 Å². The Hall–Kier alpha value is -2.34. The van der Waals surface area contributed by atoms with Gasteiger partial charge in [-0.1, -0.05) is 18.2 Å². The van der Waals surface area contributed by atoms with Crippen LogP contribution in [0.4, 0.5) is 5.69 Å². The van der Waals surface area contributed by atoms with E-state index in [0.29, 0.717) is 31.7 Å². The number of carbonyl (C=O) groups is 1. The van der Waals surface area contributed by atoms with Gasteiger partial charge in [0.05, 0.1) is 19.0 Å². The molecule has 0 aliphatic rings. The minimum absolute atomic E-state index is 0.0364. The van der Waals surface area contributed by atoms with Crippen LogP contribution in [0.1, 0.15) is 18.4 Å². The Balaban J connectivity index is 1.72. The summed E-state index contributed by atoms with van der Waals surface area (Å²) < 4.78 is 7.16. The standard InChI is InChI=1S/C15H20N4O2/c1-19-11-13(10-17-19)21-8-4-7-15(20)18-14-6-3-2-5-12(14)9-16/h2-3,5-6,10-11H,4,7-9,16H2,1H3,(H,18,20). The lowest BCUT2D eigenvalue weighted by molar-refractivity contribution is -0.116. The van der Waals surface area contributed by atoms with Crippen LogP contribution in [0.25, 0.3) is 0 Å². The number of nitrogens with one attached hydrogen (secondary N) is 1. The molecule has 0 radical (unpaired) electrons. The predicted molar refractivity (Wildman–Crippen MR) is 80.9 cm³/mol. The van der Waals surface area contributed by atoms with Gasteiger partial charge in [-0.05, 0) is 18.1 Å². The molecule has 0 fully saturated rings. The van der Waals surface area contributed by atoms with E-state index >= 15 is 0 Å². The summed E-state index contributed by atoms with van der Waals surface area (Å²) >= 11 is 0. The van der Waals surface area contributed by atoms with Gasteiger partial charge < -0.3 is 15.8 Å². The molecule has 0 saturated heterocycles. The van der Waals surface area contributed by atoms with Crippen LogP contribution < -0.4 is 15.8 Å². The second-order valence-corrected chi connectivity index (χ2v) is 4.71. The molecule has 112 valence electrons. The minimum Gasteiger partial charge on any atom is -0.490 e. The number of aryl methyl sites for hydroxylation is 1. The molecular formula is C15H20N4O2. The number of rotatable bonds is 7. The first kappa shape index (κ1) is 15.1. The van der Waals surface area contributed by atoms with Gasteiger partial charge in [-0.3, -0.25) is 9.48 Å². The molecule has 0 aliphatic heterocycles. The molecule has 0 unspecified atom stereocenters. The first-order valence-electron chi connectivity index (χ1n) is 6.88. The van der Waals surface area contributed by atoms with E-state index < -0.39 is 0 Å². The lowest BCUT2D eigenvalue weighted by Crippen LogP contribution is -2.14. The highest BCUT2D eigenvalue weighted by Crippen LogP contribution is 2.14. The lowest BCUT2D eigenvalue weighted by Gasteiger charge is -2.09. The molecule has 0 saturated carbocycles. The molecular weight excluding hydrogens is 268 g/mol. The summed E-state index contributed by atoms with van der Waals surface area (Å²) in [5, 5.41) is 6.88. The van der Waals surface area contributed by atoms with E-state index in [2.05, 4.69) is 10.4 Å². The third kappa shape index (κ3) is 4.61. The van der Waals surface area contributed by atoms with Crippen LogP contribution in [-0.2, 0) is 18.4 Å². The summed E-state index contributed by atoms with van der Waals surface area (Å²) in [6.07, 6.45) is 4.49. The summed E-state index contributed by atoms with van der Waals surface area (Å²) in [6.45, 7) is 0.887. The monoisotopic (exact) mass is 288 g/mol. The van der Waals surface area contributed by atoms with E-state index in [9.17, 15) is 4.79 Å². The van der Waals surface area contributed by atoms with Crippen molar-refractivity contribution in [3.05, 3.63) is 42.2 Å². The molecule has 2 rings (SSSR count). The smallest absolute Gasteiger partial charge is 0.224 e. The molecule has 1 heterocycles. The largest absolute Gasteiger partial charge is 0.490 e. The first-order valence-corrected chi connectivity index (χ1v) is 6.88. The fourth-order valence-corrected chi connectivity index (χ4v) is 1.93. The van der Waals surface area contributed by atoms with E-state index in [0.717, 1.165) is 11.3 Å². The number of nitrogens with two attached hydrogens (primary N) is 1. The third-order valence-electron chi connectivity index (χ3n) is 3.01. The Labute approximate surface area is 123 Å². The van der Waals surface area contributed by atoms with Crippen molar-refractivity contribution in [2.75, 3.05) is 11.9 Å². The van der Waals surface area contributed by atoms with Crippen molar-refractivity contribution in [2.24, 2.45) is 12.8 Å².